The summed E-state index contributed by atoms with van der Waals surface area (Å²) in [6.45, 7) is 1.94. The van der Waals surface area contributed by atoms with Crippen molar-refractivity contribution in [1.29, 1.82) is 0 Å². The highest BCUT2D eigenvalue weighted by molar-refractivity contribution is 6.31. The third-order valence-electron chi connectivity index (χ3n) is 3.21. The van der Waals surface area contributed by atoms with Crippen molar-refractivity contribution in [2.45, 2.75) is 6.92 Å². The van der Waals surface area contributed by atoms with Crippen LogP contribution < -0.4 is 9.47 Å². The van der Waals surface area contributed by atoms with Crippen LogP contribution in [0.3, 0.4) is 0 Å². The maximum Gasteiger partial charge on any atom is 0.171 e. The summed E-state index contributed by atoms with van der Waals surface area (Å²) in [7, 11) is 3.05. The first-order valence-electron chi connectivity index (χ1n) is 6.09. The number of carbonyl (C=O) groups is 1. The molecule has 104 valence electrons. The van der Waals surface area contributed by atoms with E-state index in [0.29, 0.717) is 22.1 Å². The van der Waals surface area contributed by atoms with Crippen molar-refractivity contribution in [3.63, 3.8) is 0 Å². The van der Waals surface area contributed by atoms with Gasteiger partial charge in [0, 0.05) is 5.02 Å². The Morgan fingerprint density at radius 3 is 2.50 bits per heavy atom. The quantitative estimate of drug-likeness (QED) is 0.794. The number of aldehydes is 1. The summed E-state index contributed by atoms with van der Waals surface area (Å²) in [6.07, 6.45) is 0.755. The number of carbonyl (C=O) groups excluding carboxylic acids is 1. The second-order valence-electron chi connectivity index (χ2n) is 4.33. The minimum absolute atomic E-state index is 0.436. The van der Waals surface area contributed by atoms with Gasteiger partial charge in [0.15, 0.2) is 17.8 Å². The van der Waals surface area contributed by atoms with E-state index in [1.807, 2.05) is 31.2 Å². The van der Waals surface area contributed by atoms with Crippen LogP contribution >= 0.6 is 11.6 Å². The van der Waals surface area contributed by atoms with Crippen LogP contribution in [0.15, 0.2) is 30.3 Å². The number of hydrogen-bond acceptors (Lipinski definition) is 3. The van der Waals surface area contributed by atoms with Gasteiger partial charge < -0.3 is 9.47 Å². The zero-order valence-corrected chi connectivity index (χ0v) is 12.3. The zero-order valence-electron chi connectivity index (χ0n) is 11.6. The van der Waals surface area contributed by atoms with Crippen molar-refractivity contribution in [2.75, 3.05) is 14.2 Å². The molecule has 0 fully saturated rings. The fraction of sp³-hybridized carbons (Fsp3) is 0.188. The van der Waals surface area contributed by atoms with Crippen LogP contribution in [0.2, 0.25) is 5.02 Å². The molecule has 0 atom stereocenters. The number of hydrogen-bond donors (Lipinski definition) is 0. The summed E-state index contributed by atoms with van der Waals surface area (Å²) in [4.78, 5) is 11.2. The molecular formula is C16H15ClO3. The lowest BCUT2D eigenvalue weighted by molar-refractivity contribution is 0.112. The molecule has 0 aromatic heterocycles. The maximum absolute atomic E-state index is 11.2. The van der Waals surface area contributed by atoms with Gasteiger partial charge >= 0.3 is 0 Å². The SMILES string of the molecule is COc1cc(-c2cccc(Cl)c2C)cc(C=O)c1OC. The average Bonchev–Trinajstić information content (AvgIpc) is 2.48. The van der Waals surface area contributed by atoms with Gasteiger partial charge in [-0.25, -0.2) is 0 Å². The molecule has 0 saturated carbocycles. The average molecular weight is 291 g/mol. The van der Waals surface area contributed by atoms with Crippen molar-refractivity contribution in [2.24, 2.45) is 0 Å². The highest BCUT2D eigenvalue weighted by Gasteiger charge is 2.14. The van der Waals surface area contributed by atoms with Gasteiger partial charge in [0.25, 0.3) is 0 Å². The Morgan fingerprint density at radius 2 is 1.90 bits per heavy atom. The number of ether oxygens (including phenoxy) is 2. The van der Waals surface area contributed by atoms with E-state index in [4.69, 9.17) is 21.1 Å². The van der Waals surface area contributed by atoms with Crippen molar-refractivity contribution in [1.82, 2.24) is 0 Å². The van der Waals surface area contributed by atoms with Crippen LogP contribution in [0.1, 0.15) is 15.9 Å². The minimum Gasteiger partial charge on any atom is -0.493 e. The fourth-order valence-electron chi connectivity index (χ4n) is 2.16. The fourth-order valence-corrected chi connectivity index (χ4v) is 2.33. The van der Waals surface area contributed by atoms with Crippen LogP contribution in [0.4, 0.5) is 0 Å². The molecule has 0 saturated heterocycles. The number of benzene rings is 2. The van der Waals surface area contributed by atoms with E-state index in [9.17, 15) is 4.79 Å². The molecule has 2 rings (SSSR count). The lowest BCUT2D eigenvalue weighted by atomic mass is 9.98. The number of rotatable bonds is 4. The molecule has 0 aliphatic rings. The van der Waals surface area contributed by atoms with Gasteiger partial charge in [-0.2, -0.15) is 0 Å². The molecule has 0 unspecified atom stereocenters. The normalized spacial score (nSPS) is 10.2. The minimum atomic E-state index is 0.436. The lowest BCUT2D eigenvalue weighted by Gasteiger charge is -2.14. The molecule has 20 heavy (non-hydrogen) atoms. The summed E-state index contributed by atoms with van der Waals surface area (Å²) in [5.74, 6) is 0.956. The number of halogens is 1. The Labute approximate surface area is 123 Å². The van der Waals surface area contributed by atoms with Crippen LogP contribution in [0, 0.1) is 6.92 Å². The van der Waals surface area contributed by atoms with Crippen molar-refractivity contribution >= 4 is 17.9 Å². The highest BCUT2D eigenvalue weighted by Crippen LogP contribution is 2.37. The predicted octanol–water partition coefficient (Wildman–Crippen LogP) is 4.15. The van der Waals surface area contributed by atoms with Crippen LogP contribution in [-0.2, 0) is 0 Å². The van der Waals surface area contributed by atoms with Gasteiger partial charge in [-0.05, 0) is 41.8 Å². The van der Waals surface area contributed by atoms with Gasteiger partial charge in [-0.15, -0.1) is 0 Å². The van der Waals surface area contributed by atoms with Crippen LogP contribution in [0.5, 0.6) is 11.5 Å². The molecule has 2 aromatic rings. The monoisotopic (exact) mass is 290 g/mol. The largest absolute Gasteiger partial charge is 0.493 e. The molecule has 0 aliphatic carbocycles. The summed E-state index contributed by atoms with van der Waals surface area (Å²) < 4.78 is 10.5. The Balaban J connectivity index is 2.69. The molecule has 0 aliphatic heterocycles. The summed E-state index contributed by atoms with van der Waals surface area (Å²) in [5, 5.41) is 0.685. The standard InChI is InChI=1S/C16H15ClO3/c1-10-13(5-4-6-14(10)17)11-7-12(9-18)16(20-3)15(8-11)19-2/h4-9H,1-3H3. The first-order chi connectivity index (χ1) is 9.62. The molecular weight excluding hydrogens is 276 g/mol. The first-order valence-corrected chi connectivity index (χ1v) is 6.46. The van der Waals surface area contributed by atoms with Gasteiger partial charge in [0.05, 0.1) is 19.8 Å². The molecule has 0 spiro atoms. The van der Waals surface area contributed by atoms with E-state index in [2.05, 4.69) is 0 Å². The highest BCUT2D eigenvalue weighted by atomic mass is 35.5. The zero-order chi connectivity index (χ0) is 14.7. The van der Waals surface area contributed by atoms with Crippen molar-refractivity contribution < 1.29 is 14.3 Å². The smallest absolute Gasteiger partial charge is 0.171 e. The lowest BCUT2D eigenvalue weighted by Crippen LogP contribution is -1.97. The summed E-state index contributed by atoms with van der Waals surface area (Å²) >= 11 is 6.14. The van der Waals surface area contributed by atoms with Gasteiger partial charge in [0.1, 0.15) is 0 Å². The predicted molar refractivity (Wildman–Crippen MR) is 80.1 cm³/mol. The van der Waals surface area contributed by atoms with E-state index < -0.39 is 0 Å². The van der Waals surface area contributed by atoms with Crippen molar-refractivity contribution in [3.05, 3.63) is 46.5 Å². The van der Waals surface area contributed by atoms with E-state index in [-0.39, 0.29) is 0 Å². The Kier molecular flexibility index (Phi) is 4.30. The molecule has 4 heteroatoms. The van der Waals surface area contributed by atoms with E-state index in [1.54, 1.807) is 13.2 Å². The molecule has 2 aromatic carbocycles. The summed E-state index contributed by atoms with van der Waals surface area (Å²) in [5.41, 5.74) is 3.23. The van der Waals surface area contributed by atoms with Gasteiger partial charge in [-0.1, -0.05) is 23.7 Å². The summed E-state index contributed by atoms with van der Waals surface area (Å²) in [6, 6.07) is 9.28. The maximum atomic E-state index is 11.2. The first kappa shape index (κ1) is 14.4. The van der Waals surface area contributed by atoms with Gasteiger partial charge in [0.2, 0.25) is 0 Å². The number of methoxy groups -OCH3 is 2. The second-order valence-corrected chi connectivity index (χ2v) is 4.74. The second kappa shape index (κ2) is 5.97. The molecule has 0 N–H and O–H groups in total. The Hall–Kier alpha value is -2.00. The van der Waals surface area contributed by atoms with E-state index in [0.717, 1.165) is 23.0 Å². The molecule has 0 radical (unpaired) electrons. The van der Waals surface area contributed by atoms with E-state index in [1.165, 1.54) is 7.11 Å². The molecule has 3 nitrogen and oxygen atoms in total. The van der Waals surface area contributed by atoms with E-state index >= 15 is 0 Å². The Morgan fingerprint density at radius 1 is 1.15 bits per heavy atom. The molecule has 0 heterocycles. The third kappa shape index (κ3) is 2.49. The van der Waals surface area contributed by atoms with Crippen LogP contribution in [0.25, 0.3) is 11.1 Å². The van der Waals surface area contributed by atoms with Crippen LogP contribution in [-0.4, -0.2) is 20.5 Å². The topological polar surface area (TPSA) is 35.5 Å². The van der Waals surface area contributed by atoms with Crippen molar-refractivity contribution in [3.8, 4) is 22.6 Å². The van der Waals surface area contributed by atoms with Gasteiger partial charge in [-0.3, -0.25) is 4.79 Å². The third-order valence-corrected chi connectivity index (χ3v) is 3.62. The molecule has 0 bridgehead atoms. The molecule has 0 amide bonds. The Bertz CT molecular complexity index is 650.